The normalized spacial score (nSPS) is 18.1. The average Bonchev–Trinajstić information content (AvgIpc) is 2.77. The lowest BCUT2D eigenvalue weighted by atomic mass is 9.74. The number of nitrogens with zero attached hydrogens (tertiary/aromatic N) is 1. The lowest BCUT2D eigenvalue weighted by molar-refractivity contribution is -0.155. The zero-order valence-corrected chi connectivity index (χ0v) is 19.7. The Morgan fingerprint density at radius 2 is 1.91 bits per heavy atom. The summed E-state index contributed by atoms with van der Waals surface area (Å²) in [4.78, 5) is 13.8. The maximum atomic E-state index is 11.2. The number of hydrogen-bond donors (Lipinski definition) is 1. The molecule has 0 spiro atoms. The Balaban J connectivity index is 1.74. The van der Waals surface area contributed by atoms with Crippen molar-refractivity contribution in [3.63, 3.8) is 0 Å². The van der Waals surface area contributed by atoms with Gasteiger partial charge in [0.15, 0.2) is 0 Å². The fourth-order valence-corrected chi connectivity index (χ4v) is 4.88. The van der Waals surface area contributed by atoms with Crippen LogP contribution in [0.25, 0.3) is 0 Å². The summed E-state index contributed by atoms with van der Waals surface area (Å²) in [5, 5.41) is 4.33. The molecule has 1 N–H and O–H groups in total. The van der Waals surface area contributed by atoms with Crippen molar-refractivity contribution in [2.24, 2.45) is 5.92 Å². The Morgan fingerprint density at radius 1 is 1.19 bits per heavy atom. The molecule has 1 heterocycles. The Labute approximate surface area is 196 Å². The van der Waals surface area contributed by atoms with Gasteiger partial charge >= 0.3 is 0 Å². The van der Waals surface area contributed by atoms with Gasteiger partial charge in [-0.05, 0) is 80.0 Å². The minimum absolute atomic E-state index is 0.437. The molecule has 4 rings (SSSR count). The number of halogens is 1. The first-order valence-electron chi connectivity index (χ1n) is 11.6. The maximum absolute atomic E-state index is 11.2. The molecule has 2 fully saturated rings. The van der Waals surface area contributed by atoms with Gasteiger partial charge in [0, 0.05) is 36.5 Å². The molecular formula is C26H33ClN2O3. The smallest absolute Gasteiger partial charge is 0.293 e. The van der Waals surface area contributed by atoms with Gasteiger partial charge < -0.3 is 19.7 Å². The number of carbonyl (C=O) groups excluding carboxylic acids is 1. The van der Waals surface area contributed by atoms with E-state index >= 15 is 0 Å². The first-order valence-corrected chi connectivity index (χ1v) is 12.0. The Kier molecular flexibility index (Phi) is 7.27. The summed E-state index contributed by atoms with van der Waals surface area (Å²) in [7, 11) is 0. The molecule has 0 amide bonds. The van der Waals surface area contributed by atoms with Crippen LogP contribution in [0.1, 0.15) is 51.5 Å². The van der Waals surface area contributed by atoms with E-state index in [2.05, 4.69) is 42.3 Å². The van der Waals surface area contributed by atoms with E-state index in [1.54, 1.807) is 0 Å². The third kappa shape index (κ3) is 5.05. The minimum atomic E-state index is -0.502. The van der Waals surface area contributed by atoms with E-state index in [0.717, 1.165) is 68.8 Å². The zero-order chi connectivity index (χ0) is 22.6. The van der Waals surface area contributed by atoms with Crippen LogP contribution >= 0.6 is 11.6 Å². The molecular weight excluding hydrogens is 424 g/mol. The van der Waals surface area contributed by atoms with Crippen molar-refractivity contribution >= 4 is 35.1 Å². The molecule has 2 aliphatic rings. The Hall–Kier alpha value is -2.24. The van der Waals surface area contributed by atoms with E-state index in [-0.39, 0.29) is 0 Å². The number of rotatable bonds is 9. The van der Waals surface area contributed by atoms with Gasteiger partial charge in [0.2, 0.25) is 0 Å². The second-order valence-corrected chi connectivity index (χ2v) is 9.75. The van der Waals surface area contributed by atoms with E-state index in [4.69, 9.17) is 21.1 Å². The molecule has 172 valence electrons. The number of benzene rings is 2. The number of carbonyl (C=O) groups is 1. The van der Waals surface area contributed by atoms with Gasteiger partial charge in [0.1, 0.15) is 5.60 Å². The van der Waals surface area contributed by atoms with Crippen molar-refractivity contribution in [1.82, 2.24) is 0 Å². The standard InChI is InChI=1S/C26H33ClN2O3/c1-19(2)17-29(23-10-14-31-15-11-23)25-9-4-20(26(32-18-30)12-3-13-26)16-24(25)28-22-7-5-21(27)6-8-22/h4-9,16,18-19,23,28H,3,10-15,17H2,1-2H3. The quantitative estimate of drug-likeness (QED) is 0.450. The maximum Gasteiger partial charge on any atom is 0.293 e. The molecule has 5 nitrogen and oxygen atoms in total. The molecule has 0 aromatic heterocycles. The van der Waals surface area contributed by atoms with Crippen molar-refractivity contribution in [2.75, 3.05) is 30.0 Å². The van der Waals surface area contributed by atoms with Crippen LogP contribution in [0, 0.1) is 5.92 Å². The molecule has 1 saturated carbocycles. The van der Waals surface area contributed by atoms with E-state index in [1.165, 1.54) is 5.69 Å². The first kappa shape index (κ1) is 22.9. The Bertz CT molecular complexity index is 906. The van der Waals surface area contributed by atoms with Crippen LogP contribution in [0.15, 0.2) is 42.5 Å². The predicted molar refractivity (Wildman–Crippen MR) is 130 cm³/mol. The monoisotopic (exact) mass is 456 g/mol. The molecule has 32 heavy (non-hydrogen) atoms. The average molecular weight is 457 g/mol. The van der Waals surface area contributed by atoms with Crippen molar-refractivity contribution < 1.29 is 14.3 Å². The second kappa shape index (κ2) is 10.1. The molecule has 1 aliphatic carbocycles. The summed E-state index contributed by atoms with van der Waals surface area (Å²) in [6, 6.07) is 14.7. The number of nitrogens with one attached hydrogen (secondary N) is 1. The van der Waals surface area contributed by atoms with Crippen LogP contribution in [0.5, 0.6) is 0 Å². The summed E-state index contributed by atoms with van der Waals surface area (Å²) in [6.07, 6.45) is 4.83. The van der Waals surface area contributed by atoms with E-state index in [1.807, 2.05) is 24.3 Å². The third-order valence-electron chi connectivity index (χ3n) is 6.58. The number of hydrogen-bond acceptors (Lipinski definition) is 5. The van der Waals surface area contributed by atoms with Gasteiger partial charge in [-0.1, -0.05) is 31.5 Å². The third-order valence-corrected chi connectivity index (χ3v) is 6.84. The van der Waals surface area contributed by atoms with Gasteiger partial charge in [-0.25, -0.2) is 0 Å². The Morgan fingerprint density at radius 3 is 2.50 bits per heavy atom. The lowest BCUT2D eigenvalue weighted by Crippen LogP contribution is -2.42. The zero-order valence-electron chi connectivity index (χ0n) is 19.0. The predicted octanol–water partition coefficient (Wildman–Crippen LogP) is 6.28. The summed E-state index contributed by atoms with van der Waals surface area (Å²) in [5.41, 5.74) is 3.72. The molecule has 0 atom stereocenters. The highest BCUT2D eigenvalue weighted by molar-refractivity contribution is 6.30. The van der Waals surface area contributed by atoms with E-state index in [0.29, 0.717) is 23.5 Å². The van der Waals surface area contributed by atoms with Crippen LogP contribution in [0.3, 0.4) is 0 Å². The molecule has 6 heteroatoms. The van der Waals surface area contributed by atoms with Crippen LogP contribution in [0.2, 0.25) is 5.02 Å². The minimum Gasteiger partial charge on any atom is -0.456 e. The topological polar surface area (TPSA) is 50.8 Å². The largest absolute Gasteiger partial charge is 0.456 e. The molecule has 2 aromatic rings. The highest BCUT2D eigenvalue weighted by Gasteiger charge is 2.41. The van der Waals surface area contributed by atoms with Gasteiger partial charge in [0.25, 0.3) is 6.47 Å². The molecule has 1 saturated heterocycles. The van der Waals surface area contributed by atoms with Crippen LogP contribution in [-0.2, 0) is 19.9 Å². The lowest BCUT2D eigenvalue weighted by Gasteiger charge is -2.42. The summed E-state index contributed by atoms with van der Waals surface area (Å²) < 4.78 is 11.2. The molecule has 0 bridgehead atoms. The SMILES string of the molecule is CC(C)CN(c1ccc(C2(OC=O)CCC2)cc1Nc1ccc(Cl)cc1)C1CCOCC1. The van der Waals surface area contributed by atoms with Gasteiger partial charge in [-0.15, -0.1) is 0 Å². The highest BCUT2D eigenvalue weighted by Crippen LogP contribution is 2.46. The van der Waals surface area contributed by atoms with Gasteiger partial charge in [0.05, 0.1) is 11.4 Å². The second-order valence-electron chi connectivity index (χ2n) is 9.32. The summed E-state index contributed by atoms with van der Waals surface area (Å²) in [5.74, 6) is 0.525. The van der Waals surface area contributed by atoms with Crippen molar-refractivity contribution in [3.05, 3.63) is 53.1 Å². The number of anilines is 3. The van der Waals surface area contributed by atoms with E-state index < -0.39 is 5.60 Å². The van der Waals surface area contributed by atoms with Crippen LogP contribution in [0.4, 0.5) is 17.1 Å². The van der Waals surface area contributed by atoms with Crippen LogP contribution in [-0.4, -0.2) is 32.3 Å². The molecule has 0 radical (unpaired) electrons. The van der Waals surface area contributed by atoms with Crippen molar-refractivity contribution in [3.8, 4) is 0 Å². The summed E-state index contributed by atoms with van der Waals surface area (Å²) >= 11 is 6.10. The van der Waals surface area contributed by atoms with Crippen LogP contribution < -0.4 is 10.2 Å². The summed E-state index contributed by atoms with van der Waals surface area (Å²) in [6.45, 7) is 7.67. The fourth-order valence-electron chi connectivity index (χ4n) is 4.76. The van der Waals surface area contributed by atoms with Gasteiger partial charge in [-0.2, -0.15) is 0 Å². The number of ether oxygens (including phenoxy) is 2. The van der Waals surface area contributed by atoms with Gasteiger partial charge in [-0.3, -0.25) is 4.79 Å². The van der Waals surface area contributed by atoms with Crippen molar-refractivity contribution in [2.45, 2.75) is 57.6 Å². The fraction of sp³-hybridized carbons (Fsp3) is 0.500. The molecule has 0 unspecified atom stereocenters. The molecule has 1 aliphatic heterocycles. The first-order chi connectivity index (χ1) is 15.5. The highest BCUT2D eigenvalue weighted by atomic mass is 35.5. The van der Waals surface area contributed by atoms with Crippen molar-refractivity contribution in [1.29, 1.82) is 0 Å². The van der Waals surface area contributed by atoms with E-state index in [9.17, 15) is 4.79 Å². The molecule has 2 aromatic carbocycles.